The van der Waals surface area contributed by atoms with Crippen LogP contribution in [0.15, 0.2) is 21.8 Å². The predicted molar refractivity (Wildman–Crippen MR) is 99.4 cm³/mol. The zero-order valence-corrected chi connectivity index (χ0v) is 15.6. The number of aliphatic hydroxyl groups excluding tert-OH is 1. The number of hydrogen-bond acceptors (Lipinski definition) is 1. The van der Waals surface area contributed by atoms with Gasteiger partial charge in [-0.05, 0) is 48.4 Å². The maximum atomic E-state index is 9.20. The molecule has 1 nitrogen and oxygen atoms in total. The van der Waals surface area contributed by atoms with E-state index in [2.05, 4.69) is 41.7 Å². The summed E-state index contributed by atoms with van der Waals surface area (Å²) in [5.74, 6) is 0. The molecule has 20 heavy (non-hydrogen) atoms. The molecule has 0 saturated carbocycles. The van der Waals surface area contributed by atoms with Crippen molar-refractivity contribution in [2.24, 2.45) is 0 Å². The highest BCUT2D eigenvalue weighted by atomic mass is 127. The summed E-state index contributed by atoms with van der Waals surface area (Å²) < 4.78 is 1.13. The van der Waals surface area contributed by atoms with Crippen molar-refractivity contribution in [2.75, 3.05) is 0 Å². The van der Waals surface area contributed by atoms with E-state index in [4.69, 9.17) is 0 Å². The first-order chi connectivity index (χ1) is 9.66. The van der Waals surface area contributed by atoms with Crippen molar-refractivity contribution in [1.82, 2.24) is 0 Å². The molecule has 118 valence electrons. The highest BCUT2D eigenvalue weighted by molar-refractivity contribution is 14.1. The quantitative estimate of drug-likeness (QED) is 0.214. The zero-order chi connectivity index (χ0) is 15.1. The third kappa shape index (κ3) is 16.2. The fraction of sp³-hybridized carbons (Fsp3) is 0.778. The molecule has 0 bridgehead atoms. The first-order valence-corrected chi connectivity index (χ1v) is 9.46. The van der Waals surface area contributed by atoms with Crippen LogP contribution in [0.4, 0.5) is 0 Å². The lowest BCUT2D eigenvalue weighted by Crippen LogP contribution is -1.92. The van der Waals surface area contributed by atoms with Crippen LogP contribution in [0.2, 0.25) is 0 Å². The van der Waals surface area contributed by atoms with Crippen LogP contribution < -0.4 is 0 Å². The summed E-state index contributed by atoms with van der Waals surface area (Å²) in [7, 11) is 0. The molecule has 0 amide bonds. The minimum Gasteiger partial charge on any atom is -0.389 e. The minimum absolute atomic E-state index is 0.344. The number of halogens is 1. The monoisotopic (exact) mass is 392 g/mol. The van der Waals surface area contributed by atoms with Gasteiger partial charge in [0.15, 0.2) is 0 Å². The van der Waals surface area contributed by atoms with Crippen LogP contribution in [0, 0.1) is 0 Å². The van der Waals surface area contributed by atoms with E-state index in [1.54, 1.807) is 6.92 Å². The van der Waals surface area contributed by atoms with E-state index in [9.17, 15) is 5.11 Å². The molecule has 0 spiro atoms. The molecule has 0 radical (unpaired) electrons. The summed E-state index contributed by atoms with van der Waals surface area (Å²) in [5, 5.41) is 9.20. The number of unbranched alkanes of at least 4 members (excludes halogenated alkanes) is 10. The first-order valence-electron chi connectivity index (χ1n) is 8.38. The highest BCUT2D eigenvalue weighted by Gasteiger charge is 1.92. The topological polar surface area (TPSA) is 20.2 Å². The maximum Gasteiger partial charge on any atom is 0.0705 e. The van der Waals surface area contributed by atoms with E-state index in [0.29, 0.717) is 0 Å². The minimum atomic E-state index is -0.344. The van der Waals surface area contributed by atoms with Gasteiger partial charge in [0.05, 0.1) is 6.10 Å². The first kappa shape index (κ1) is 20.2. The molecule has 0 aliphatic rings. The summed E-state index contributed by atoms with van der Waals surface area (Å²) >= 11 is 2.26. The Balaban J connectivity index is 3.26. The fourth-order valence-corrected chi connectivity index (χ4v) is 3.01. The van der Waals surface area contributed by atoms with Crippen molar-refractivity contribution in [3.63, 3.8) is 0 Å². The highest BCUT2D eigenvalue weighted by Crippen LogP contribution is 2.13. The Morgan fingerprint density at radius 1 is 0.950 bits per heavy atom. The van der Waals surface area contributed by atoms with E-state index in [1.807, 2.05) is 6.08 Å². The van der Waals surface area contributed by atoms with Crippen LogP contribution in [-0.4, -0.2) is 11.2 Å². The Hall–Kier alpha value is 0.170. The van der Waals surface area contributed by atoms with E-state index >= 15 is 0 Å². The molecule has 0 aromatic heterocycles. The Labute approximate surface area is 140 Å². The van der Waals surface area contributed by atoms with Gasteiger partial charge in [0.2, 0.25) is 0 Å². The Morgan fingerprint density at radius 2 is 1.45 bits per heavy atom. The van der Waals surface area contributed by atoms with Crippen molar-refractivity contribution in [3.05, 3.63) is 21.8 Å². The summed E-state index contributed by atoms with van der Waals surface area (Å²) in [4.78, 5) is 0. The molecule has 0 aromatic carbocycles. The van der Waals surface area contributed by atoms with Crippen LogP contribution in [0.3, 0.4) is 0 Å². The van der Waals surface area contributed by atoms with Gasteiger partial charge in [-0.15, -0.1) is 0 Å². The van der Waals surface area contributed by atoms with Crippen molar-refractivity contribution in [1.29, 1.82) is 0 Å². The van der Waals surface area contributed by atoms with Crippen molar-refractivity contribution in [2.45, 2.75) is 90.6 Å². The van der Waals surface area contributed by atoms with Crippen LogP contribution >= 0.6 is 22.6 Å². The third-order valence-electron chi connectivity index (χ3n) is 3.40. The third-order valence-corrected chi connectivity index (χ3v) is 4.12. The summed E-state index contributed by atoms with van der Waals surface area (Å²) in [6, 6.07) is 0. The van der Waals surface area contributed by atoms with Crippen molar-refractivity contribution in [3.8, 4) is 0 Å². The molecular formula is C18H33IO. The van der Waals surface area contributed by atoms with Gasteiger partial charge in [-0.25, -0.2) is 0 Å². The average molecular weight is 392 g/mol. The Bertz CT molecular complexity index is 256. The second kappa shape index (κ2) is 15.6. The summed E-state index contributed by atoms with van der Waals surface area (Å²) in [5.41, 5.74) is 0. The second-order valence-electron chi connectivity index (χ2n) is 5.67. The molecule has 0 unspecified atom stereocenters. The van der Waals surface area contributed by atoms with E-state index < -0.39 is 0 Å². The molecule has 0 aliphatic heterocycles. The van der Waals surface area contributed by atoms with Crippen LogP contribution in [-0.2, 0) is 0 Å². The summed E-state index contributed by atoms with van der Waals surface area (Å²) in [6.07, 6.45) is 21.0. The standard InChI is InChI=1S/C18H33IO/c1-3-4-5-6-7-8-9-10-11-12-13-14-15-18(19)16-17(2)20/h14-17,20H,3-13H2,1-2H3/b15-14+,18-16-/t17-/m1/s1. The predicted octanol–water partition coefficient (Wildman–Crippen LogP) is 6.55. The largest absolute Gasteiger partial charge is 0.389 e. The SMILES string of the molecule is CCCCCCCCCCCC/C=C/C(I)=C/[C@@H](C)O. The van der Waals surface area contributed by atoms with Crippen LogP contribution in [0.5, 0.6) is 0 Å². The molecule has 0 rings (SSSR count). The lowest BCUT2D eigenvalue weighted by Gasteiger charge is -2.01. The number of rotatable bonds is 13. The van der Waals surface area contributed by atoms with E-state index in [1.165, 1.54) is 64.2 Å². The second-order valence-corrected chi connectivity index (χ2v) is 6.91. The number of allylic oxidation sites excluding steroid dienone is 3. The smallest absolute Gasteiger partial charge is 0.0705 e. The fourth-order valence-electron chi connectivity index (χ4n) is 2.23. The number of hydrogen-bond donors (Lipinski definition) is 1. The molecule has 2 heteroatoms. The molecule has 0 heterocycles. The van der Waals surface area contributed by atoms with E-state index in [0.717, 1.165) is 10.0 Å². The summed E-state index contributed by atoms with van der Waals surface area (Å²) in [6.45, 7) is 4.06. The Kier molecular flexibility index (Phi) is 15.7. The average Bonchev–Trinajstić information content (AvgIpc) is 2.39. The van der Waals surface area contributed by atoms with Crippen molar-refractivity contribution < 1.29 is 5.11 Å². The molecule has 0 aromatic rings. The van der Waals surface area contributed by atoms with Gasteiger partial charge in [-0.1, -0.05) is 76.9 Å². The van der Waals surface area contributed by atoms with Gasteiger partial charge in [-0.3, -0.25) is 0 Å². The molecular weight excluding hydrogens is 359 g/mol. The lowest BCUT2D eigenvalue weighted by molar-refractivity contribution is 0.244. The van der Waals surface area contributed by atoms with Gasteiger partial charge >= 0.3 is 0 Å². The van der Waals surface area contributed by atoms with Gasteiger partial charge in [0.1, 0.15) is 0 Å². The van der Waals surface area contributed by atoms with Crippen LogP contribution in [0.1, 0.15) is 84.5 Å². The molecule has 1 atom stereocenters. The molecule has 0 aliphatic carbocycles. The van der Waals surface area contributed by atoms with E-state index in [-0.39, 0.29) is 6.10 Å². The van der Waals surface area contributed by atoms with Crippen LogP contribution in [0.25, 0.3) is 0 Å². The van der Waals surface area contributed by atoms with Gasteiger partial charge in [-0.2, -0.15) is 0 Å². The van der Waals surface area contributed by atoms with Gasteiger partial charge in [0, 0.05) is 3.58 Å². The van der Waals surface area contributed by atoms with Gasteiger partial charge < -0.3 is 5.11 Å². The molecule has 0 fully saturated rings. The lowest BCUT2D eigenvalue weighted by atomic mass is 10.1. The zero-order valence-electron chi connectivity index (χ0n) is 13.4. The molecule has 1 N–H and O–H groups in total. The normalized spacial score (nSPS) is 14.1. The maximum absolute atomic E-state index is 9.20. The Morgan fingerprint density at radius 3 is 1.95 bits per heavy atom. The number of aliphatic hydroxyl groups is 1. The van der Waals surface area contributed by atoms with Crippen molar-refractivity contribution >= 4 is 22.6 Å². The molecule has 0 saturated heterocycles. The van der Waals surface area contributed by atoms with Gasteiger partial charge in [0.25, 0.3) is 0 Å².